The van der Waals surface area contributed by atoms with E-state index in [1.807, 2.05) is 32.9 Å². The molecule has 0 aliphatic rings. The lowest BCUT2D eigenvalue weighted by molar-refractivity contribution is -0.121. The van der Waals surface area contributed by atoms with Crippen molar-refractivity contribution in [3.8, 4) is 0 Å². The molecular formula is C16H23BrN2O2. The van der Waals surface area contributed by atoms with Crippen LogP contribution < -0.4 is 5.32 Å². The average molecular weight is 355 g/mol. The highest BCUT2D eigenvalue weighted by molar-refractivity contribution is 9.10. The molecule has 1 aromatic rings. The quantitative estimate of drug-likeness (QED) is 0.817. The third-order valence-electron chi connectivity index (χ3n) is 3.19. The summed E-state index contributed by atoms with van der Waals surface area (Å²) in [7, 11) is 0. The van der Waals surface area contributed by atoms with Gasteiger partial charge < -0.3 is 10.2 Å². The predicted octanol–water partition coefficient (Wildman–Crippen LogP) is 3.14. The SMILES string of the molecule is CCCNC(=O)CN(CCC)C(=O)c1cccc(Br)c1C. The lowest BCUT2D eigenvalue weighted by Crippen LogP contribution is -2.41. The first-order valence-corrected chi connectivity index (χ1v) is 8.11. The summed E-state index contributed by atoms with van der Waals surface area (Å²) in [5, 5.41) is 2.81. The zero-order valence-corrected chi connectivity index (χ0v) is 14.5. The first kappa shape index (κ1) is 17.7. The van der Waals surface area contributed by atoms with Crippen molar-refractivity contribution < 1.29 is 9.59 Å². The monoisotopic (exact) mass is 354 g/mol. The average Bonchev–Trinajstić information content (AvgIpc) is 2.47. The first-order chi connectivity index (χ1) is 10.0. The molecule has 1 aromatic carbocycles. The normalized spacial score (nSPS) is 10.3. The standard InChI is InChI=1S/C16H23BrN2O2/c1-4-9-18-15(20)11-19(10-5-2)16(21)13-7-6-8-14(17)12(13)3/h6-8H,4-5,9-11H2,1-3H3,(H,18,20). The van der Waals surface area contributed by atoms with Crippen LogP contribution >= 0.6 is 15.9 Å². The smallest absolute Gasteiger partial charge is 0.254 e. The fraction of sp³-hybridized carbons (Fsp3) is 0.500. The molecule has 0 spiro atoms. The molecule has 0 saturated heterocycles. The second-order valence-electron chi connectivity index (χ2n) is 4.99. The molecule has 116 valence electrons. The van der Waals surface area contributed by atoms with E-state index >= 15 is 0 Å². The van der Waals surface area contributed by atoms with E-state index in [0.717, 1.165) is 22.9 Å². The molecule has 0 heterocycles. The van der Waals surface area contributed by atoms with Crippen LogP contribution in [0.2, 0.25) is 0 Å². The van der Waals surface area contributed by atoms with Gasteiger partial charge in [-0.3, -0.25) is 9.59 Å². The number of carbonyl (C=O) groups excluding carboxylic acids is 2. The Labute approximate surface area is 135 Å². The van der Waals surface area contributed by atoms with E-state index in [4.69, 9.17) is 0 Å². The Bertz CT molecular complexity index is 503. The van der Waals surface area contributed by atoms with Gasteiger partial charge in [-0.15, -0.1) is 0 Å². The number of hydrogen-bond donors (Lipinski definition) is 1. The summed E-state index contributed by atoms with van der Waals surface area (Å²) in [5.41, 5.74) is 1.54. The van der Waals surface area contributed by atoms with Crippen molar-refractivity contribution >= 4 is 27.7 Å². The minimum Gasteiger partial charge on any atom is -0.355 e. The van der Waals surface area contributed by atoms with E-state index in [9.17, 15) is 9.59 Å². The lowest BCUT2D eigenvalue weighted by Gasteiger charge is -2.22. The van der Waals surface area contributed by atoms with E-state index in [1.54, 1.807) is 11.0 Å². The molecule has 5 heteroatoms. The summed E-state index contributed by atoms with van der Waals surface area (Å²) in [6, 6.07) is 5.55. The lowest BCUT2D eigenvalue weighted by atomic mass is 10.1. The number of benzene rings is 1. The van der Waals surface area contributed by atoms with E-state index in [-0.39, 0.29) is 18.4 Å². The molecular weight excluding hydrogens is 332 g/mol. The van der Waals surface area contributed by atoms with Crippen molar-refractivity contribution in [2.45, 2.75) is 33.6 Å². The van der Waals surface area contributed by atoms with Crippen molar-refractivity contribution in [2.75, 3.05) is 19.6 Å². The Morgan fingerprint density at radius 3 is 2.57 bits per heavy atom. The number of nitrogens with zero attached hydrogens (tertiary/aromatic N) is 1. The second-order valence-corrected chi connectivity index (χ2v) is 5.84. The van der Waals surface area contributed by atoms with Crippen molar-refractivity contribution in [3.05, 3.63) is 33.8 Å². The second kappa shape index (κ2) is 8.82. The number of rotatable bonds is 7. The molecule has 0 fully saturated rings. The molecule has 0 radical (unpaired) electrons. The fourth-order valence-electron chi connectivity index (χ4n) is 2.03. The summed E-state index contributed by atoms with van der Waals surface area (Å²) in [4.78, 5) is 26.1. The summed E-state index contributed by atoms with van der Waals surface area (Å²) in [5.74, 6) is -0.200. The van der Waals surface area contributed by atoms with Gasteiger partial charge in [0.15, 0.2) is 0 Å². The molecule has 0 aliphatic heterocycles. The fourth-order valence-corrected chi connectivity index (χ4v) is 2.39. The van der Waals surface area contributed by atoms with Gasteiger partial charge >= 0.3 is 0 Å². The highest BCUT2D eigenvalue weighted by atomic mass is 79.9. The van der Waals surface area contributed by atoms with Gasteiger partial charge in [0.25, 0.3) is 5.91 Å². The third kappa shape index (κ3) is 5.16. The number of hydrogen-bond acceptors (Lipinski definition) is 2. The van der Waals surface area contributed by atoms with Crippen LogP contribution in [0, 0.1) is 6.92 Å². The Morgan fingerprint density at radius 1 is 1.24 bits per heavy atom. The third-order valence-corrected chi connectivity index (χ3v) is 4.04. The van der Waals surface area contributed by atoms with Gasteiger partial charge in [0.2, 0.25) is 5.91 Å². The van der Waals surface area contributed by atoms with Crippen LogP contribution in [0.5, 0.6) is 0 Å². The molecule has 4 nitrogen and oxygen atoms in total. The molecule has 0 saturated carbocycles. The molecule has 0 aliphatic carbocycles. The largest absolute Gasteiger partial charge is 0.355 e. The van der Waals surface area contributed by atoms with Gasteiger partial charge in [0.05, 0.1) is 6.54 Å². The van der Waals surface area contributed by atoms with Crippen LogP contribution in [0.15, 0.2) is 22.7 Å². The van der Waals surface area contributed by atoms with E-state index in [0.29, 0.717) is 18.7 Å². The van der Waals surface area contributed by atoms with Crippen LogP contribution in [0.1, 0.15) is 42.6 Å². The van der Waals surface area contributed by atoms with Gasteiger partial charge in [-0.2, -0.15) is 0 Å². The molecule has 0 unspecified atom stereocenters. The molecule has 0 bridgehead atoms. The predicted molar refractivity (Wildman–Crippen MR) is 88.4 cm³/mol. The minimum atomic E-state index is -0.105. The van der Waals surface area contributed by atoms with Crippen LogP contribution in [0.3, 0.4) is 0 Å². The molecule has 0 atom stereocenters. The van der Waals surface area contributed by atoms with Gasteiger partial charge in [0, 0.05) is 23.1 Å². The summed E-state index contributed by atoms with van der Waals surface area (Å²) in [6.07, 6.45) is 1.71. The topological polar surface area (TPSA) is 49.4 Å². The molecule has 1 N–H and O–H groups in total. The van der Waals surface area contributed by atoms with E-state index in [2.05, 4.69) is 21.2 Å². The molecule has 1 rings (SSSR count). The summed E-state index contributed by atoms with van der Waals surface area (Å²) < 4.78 is 0.903. The Morgan fingerprint density at radius 2 is 1.95 bits per heavy atom. The summed E-state index contributed by atoms with van der Waals surface area (Å²) >= 11 is 3.44. The highest BCUT2D eigenvalue weighted by Crippen LogP contribution is 2.20. The highest BCUT2D eigenvalue weighted by Gasteiger charge is 2.20. The number of halogens is 1. The first-order valence-electron chi connectivity index (χ1n) is 7.32. The molecule has 21 heavy (non-hydrogen) atoms. The Hall–Kier alpha value is -1.36. The Balaban J connectivity index is 2.86. The van der Waals surface area contributed by atoms with Crippen molar-refractivity contribution in [1.82, 2.24) is 10.2 Å². The van der Waals surface area contributed by atoms with E-state index in [1.165, 1.54) is 0 Å². The van der Waals surface area contributed by atoms with Crippen LogP contribution in [0.25, 0.3) is 0 Å². The number of amides is 2. The Kier molecular flexibility index (Phi) is 7.43. The van der Waals surface area contributed by atoms with Gasteiger partial charge in [-0.25, -0.2) is 0 Å². The van der Waals surface area contributed by atoms with Crippen LogP contribution in [-0.4, -0.2) is 36.3 Å². The zero-order chi connectivity index (χ0) is 15.8. The van der Waals surface area contributed by atoms with E-state index < -0.39 is 0 Å². The van der Waals surface area contributed by atoms with Crippen molar-refractivity contribution in [1.29, 1.82) is 0 Å². The van der Waals surface area contributed by atoms with Crippen LogP contribution in [0.4, 0.5) is 0 Å². The van der Waals surface area contributed by atoms with Gasteiger partial charge in [0.1, 0.15) is 0 Å². The maximum atomic E-state index is 12.6. The maximum Gasteiger partial charge on any atom is 0.254 e. The molecule has 2 amide bonds. The summed E-state index contributed by atoms with van der Waals surface area (Å²) in [6.45, 7) is 7.22. The zero-order valence-electron chi connectivity index (χ0n) is 12.9. The van der Waals surface area contributed by atoms with Crippen LogP contribution in [-0.2, 0) is 4.79 Å². The number of carbonyl (C=O) groups is 2. The number of nitrogens with one attached hydrogen (secondary N) is 1. The van der Waals surface area contributed by atoms with Crippen molar-refractivity contribution in [3.63, 3.8) is 0 Å². The van der Waals surface area contributed by atoms with Crippen molar-refractivity contribution in [2.24, 2.45) is 0 Å². The maximum absolute atomic E-state index is 12.6. The minimum absolute atomic E-state index is 0.0951. The molecule has 0 aromatic heterocycles. The van der Waals surface area contributed by atoms with Gasteiger partial charge in [-0.1, -0.05) is 35.8 Å². The van der Waals surface area contributed by atoms with Gasteiger partial charge in [-0.05, 0) is 37.5 Å².